The van der Waals surface area contributed by atoms with Crippen LogP contribution in [0.5, 0.6) is 0 Å². The number of likely N-dealkylation sites (N-methyl/N-ethyl adjacent to an activating group) is 1. The number of nitrogens with one attached hydrogen (secondary N) is 1. The highest BCUT2D eigenvalue weighted by molar-refractivity contribution is 5.77. The van der Waals surface area contributed by atoms with Crippen LogP contribution in [0, 0.1) is 5.92 Å². The maximum absolute atomic E-state index is 11.6. The SMILES string of the molecule is CCC1CCCC1NCC(=O)N(C)CC. The monoisotopic (exact) mass is 212 g/mol. The average Bonchev–Trinajstić information content (AvgIpc) is 2.71. The first-order valence-corrected chi connectivity index (χ1v) is 6.16. The highest BCUT2D eigenvalue weighted by Gasteiger charge is 2.25. The summed E-state index contributed by atoms with van der Waals surface area (Å²) in [6.07, 6.45) is 5.11. The summed E-state index contributed by atoms with van der Waals surface area (Å²) in [5.74, 6) is 0.990. The van der Waals surface area contributed by atoms with Gasteiger partial charge in [0.15, 0.2) is 0 Å². The minimum Gasteiger partial charge on any atom is -0.345 e. The topological polar surface area (TPSA) is 32.3 Å². The van der Waals surface area contributed by atoms with Crippen molar-refractivity contribution in [3.05, 3.63) is 0 Å². The molecule has 0 aromatic rings. The zero-order chi connectivity index (χ0) is 11.3. The van der Waals surface area contributed by atoms with E-state index in [2.05, 4.69) is 12.2 Å². The zero-order valence-corrected chi connectivity index (χ0v) is 10.3. The third-order valence-electron chi connectivity index (χ3n) is 3.60. The van der Waals surface area contributed by atoms with Crippen molar-refractivity contribution in [1.82, 2.24) is 10.2 Å². The van der Waals surface area contributed by atoms with Crippen molar-refractivity contribution in [2.75, 3.05) is 20.1 Å². The molecule has 2 atom stereocenters. The Hall–Kier alpha value is -0.570. The van der Waals surface area contributed by atoms with E-state index in [9.17, 15) is 4.79 Å². The molecule has 0 saturated heterocycles. The summed E-state index contributed by atoms with van der Waals surface area (Å²) in [6, 6.07) is 0.573. The van der Waals surface area contributed by atoms with E-state index in [1.807, 2.05) is 14.0 Å². The van der Waals surface area contributed by atoms with Crippen molar-refractivity contribution < 1.29 is 4.79 Å². The van der Waals surface area contributed by atoms with Gasteiger partial charge in [0, 0.05) is 19.6 Å². The number of carbonyl (C=O) groups excluding carboxylic acids is 1. The average molecular weight is 212 g/mol. The molecule has 1 aliphatic rings. The van der Waals surface area contributed by atoms with Gasteiger partial charge in [-0.2, -0.15) is 0 Å². The smallest absolute Gasteiger partial charge is 0.236 e. The predicted octanol–water partition coefficient (Wildman–Crippen LogP) is 1.63. The fraction of sp³-hybridized carbons (Fsp3) is 0.917. The Bertz CT molecular complexity index is 206. The second-order valence-electron chi connectivity index (χ2n) is 4.49. The number of carbonyl (C=O) groups is 1. The lowest BCUT2D eigenvalue weighted by Crippen LogP contribution is -2.41. The summed E-state index contributed by atoms with van der Waals surface area (Å²) in [7, 11) is 1.86. The molecule has 0 aliphatic heterocycles. The van der Waals surface area contributed by atoms with Gasteiger partial charge in [0.05, 0.1) is 6.54 Å². The van der Waals surface area contributed by atoms with E-state index in [-0.39, 0.29) is 5.91 Å². The second kappa shape index (κ2) is 6.11. The van der Waals surface area contributed by atoms with Crippen molar-refractivity contribution in [2.24, 2.45) is 5.92 Å². The first kappa shape index (κ1) is 12.5. The predicted molar refractivity (Wildman–Crippen MR) is 62.7 cm³/mol. The van der Waals surface area contributed by atoms with Crippen molar-refractivity contribution in [1.29, 1.82) is 0 Å². The van der Waals surface area contributed by atoms with Gasteiger partial charge in [-0.15, -0.1) is 0 Å². The lowest BCUT2D eigenvalue weighted by atomic mass is 10.0. The Labute approximate surface area is 93.2 Å². The fourth-order valence-corrected chi connectivity index (χ4v) is 2.32. The third kappa shape index (κ3) is 3.49. The minimum absolute atomic E-state index is 0.208. The van der Waals surface area contributed by atoms with Crippen LogP contribution in [-0.2, 0) is 4.79 Å². The van der Waals surface area contributed by atoms with Gasteiger partial charge in [0.1, 0.15) is 0 Å². The number of hydrogen-bond acceptors (Lipinski definition) is 2. The molecular weight excluding hydrogens is 188 g/mol. The summed E-state index contributed by atoms with van der Waals surface area (Å²) in [6.45, 7) is 5.54. The van der Waals surface area contributed by atoms with E-state index in [4.69, 9.17) is 0 Å². The molecule has 0 bridgehead atoms. The van der Waals surface area contributed by atoms with Gasteiger partial charge in [-0.1, -0.05) is 19.8 Å². The van der Waals surface area contributed by atoms with E-state index in [0.29, 0.717) is 12.6 Å². The van der Waals surface area contributed by atoms with Crippen LogP contribution in [0.15, 0.2) is 0 Å². The molecule has 1 amide bonds. The van der Waals surface area contributed by atoms with E-state index in [1.165, 1.54) is 25.7 Å². The lowest BCUT2D eigenvalue weighted by Gasteiger charge is -2.21. The van der Waals surface area contributed by atoms with E-state index in [1.54, 1.807) is 4.90 Å². The molecule has 1 fully saturated rings. The van der Waals surface area contributed by atoms with Gasteiger partial charge in [0.2, 0.25) is 5.91 Å². The minimum atomic E-state index is 0.208. The molecule has 88 valence electrons. The maximum atomic E-state index is 11.6. The molecule has 1 aliphatic carbocycles. The summed E-state index contributed by atoms with van der Waals surface area (Å²) in [4.78, 5) is 13.4. The number of nitrogens with zero attached hydrogens (tertiary/aromatic N) is 1. The highest BCUT2D eigenvalue weighted by atomic mass is 16.2. The van der Waals surface area contributed by atoms with Gasteiger partial charge >= 0.3 is 0 Å². The van der Waals surface area contributed by atoms with Crippen LogP contribution < -0.4 is 5.32 Å². The Morgan fingerprint density at radius 3 is 2.73 bits per heavy atom. The molecule has 2 unspecified atom stereocenters. The van der Waals surface area contributed by atoms with Crippen LogP contribution >= 0.6 is 0 Å². The van der Waals surface area contributed by atoms with Crippen LogP contribution in [0.2, 0.25) is 0 Å². The lowest BCUT2D eigenvalue weighted by molar-refractivity contribution is -0.128. The van der Waals surface area contributed by atoms with Crippen LogP contribution in [-0.4, -0.2) is 37.0 Å². The number of amides is 1. The molecular formula is C12H24N2O. The Kier molecular flexibility index (Phi) is 5.09. The van der Waals surface area contributed by atoms with E-state index < -0.39 is 0 Å². The van der Waals surface area contributed by atoms with Crippen molar-refractivity contribution in [3.63, 3.8) is 0 Å². The molecule has 3 nitrogen and oxygen atoms in total. The third-order valence-corrected chi connectivity index (χ3v) is 3.60. The summed E-state index contributed by atoms with van der Waals surface area (Å²) < 4.78 is 0. The van der Waals surface area contributed by atoms with Crippen LogP contribution in [0.25, 0.3) is 0 Å². The molecule has 1 rings (SSSR count). The Morgan fingerprint density at radius 2 is 2.13 bits per heavy atom. The van der Waals surface area contributed by atoms with E-state index >= 15 is 0 Å². The first-order chi connectivity index (χ1) is 7.19. The van der Waals surface area contributed by atoms with Gasteiger partial charge in [0.25, 0.3) is 0 Å². The molecule has 0 radical (unpaired) electrons. The maximum Gasteiger partial charge on any atom is 0.236 e. The van der Waals surface area contributed by atoms with E-state index in [0.717, 1.165) is 12.5 Å². The summed E-state index contributed by atoms with van der Waals surface area (Å²) in [5, 5.41) is 3.41. The van der Waals surface area contributed by atoms with Crippen molar-refractivity contribution >= 4 is 5.91 Å². The second-order valence-corrected chi connectivity index (χ2v) is 4.49. The van der Waals surface area contributed by atoms with Crippen molar-refractivity contribution in [2.45, 2.75) is 45.6 Å². The number of hydrogen-bond donors (Lipinski definition) is 1. The summed E-state index contributed by atoms with van der Waals surface area (Å²) in [5.41, 5.74) is 0. The molecule has 0 aromatic heterocycles. The molecule has 3 heteroatoms. The van der Waals surface area contributed by atoms with Crippen LogP contribution in [0.3, 0.4) is 0 Å². The largest absolute Gasteiger partial charge is 0.345 e. The Balaban J connectivity index is 2.27. The molecule has 1 saturated carbocycles. The molecule has 1 N–H and O–H groups in total. The normalized spacial score (nSPS) is 25.5. The fourth-order valence-electron chi connectivity index (χ4n) is 2.32. The molecule has 15 heavy (non-hydrogen) atoms. The first-order valence-electron chi connectivity index (χ1n) is 6.16. The molecule has 0 spiro atoms. The van der Waals surface area contributed by atoms with Gasteiger partial charge < -0.3 is 10.2 Å². The Morgan fingerprint density at radius 1 is 1.40 bits per heavy atom. The van der Waals surface area contributed by atoms with Gasteiger partial charge in [-0.3, -0.25) is 4.79 Å². The molecule has 0 aromatic carbocycles. The van der Waals surface area contributed by atoms with Gasteiger partial charge in [-0.25, -0.2) is 0 Å². The van der Waals surface area contributed by atoms with Gasteiger partial charge in [-0.05, 0) is 25.7 Å². The highest BCUT2D eigenvalue weighted by Crippen LogP contribution is 2.27. The zero-order valence-electron chi connectivity index (χ0n) is 10.3. The van der Waals surface area contributed by atoms with Crippen LogP contribution in [0.4, 0.5) is 0 Å². The summed E-state index contributed by atoms with van der Waals surface area (Å²) >= 11 is 0. The number of rotatable bonds is 5. The molecule has 0 heterocycles. The van der Waals surface area contributed by atoms with Crippen molar-refractivity contribution in [3.8, 4) is 0 Å². The quantitative estimate of drug-likeness (QED) is 0.751. The standard InChI is InChI=1S/C12H24N2O/c1-4-10-7-6-8-11(10)13-9-12(15)14(3)5-2/h10-11,13H,4-9H2,1-3H3. The van der Waals surface area contributed by atoms with Crippen LogP contribution in [0.1, 0.15) is 39.5 Å².